The average molecular weight is 326 g/mol. The fourth-order valence-electron chi connectivity index (χ4n) is 3.91. The highest BCUT2D eigenvalue weighted by Gasteiger charge is 2.43. The topological polar surface area (TPSA) is 51.0 Å². The second-order valence-electron chi connectivity index (χ2n) is 6.94. The molecule has 23 heavy (non-hydrogen) atoms. The van der Waals surface area contributed by atoms with Gasteiger partial charge in [-0.05, 0) is 38.5 Å². The lowest BCUT2D eigenvalue weighted by Gasteiger charge is -2.41. The van der Waals surface area contributed by atoms with Crippen LogP contribution in [0.4, 0.5) is 8.78 Å². The van der Waals surface area contributed by atoms with E-state index in [0.717, 1.165) is 18.7 Å². The molecule has 1 amide bonds. The maximum Gasteiger partial charge on any atom is 0.241 e. The largest absolute Gasteiger partial charge is 0.343 e. The molecule has 5 nitrogen and oxygen atoms in total. The maximum atomic E-state index is 12.8. The Kier molecular flexibility index (Phi) is 4.64. The Labute approximate surface area is 135 Å². The van der Waals surface area contributed by atoms with Crippen molar-refractivity contribution in [1.29, 1.82) is 0 Å². The molecule has 1 aromatic rings. The first-order valence-corrected chi connectivity index (χ1v) is 8.37. The van der Waals surface area contributed by atoms with E-state index in [0.29, 0.717) is 25.7 Å². The van der Waals surface area contributed by atoms with E-state index < -0.39 is 12.3 Å². The normalized spacial score (nSPS) is 31.0. The average Bonchev–Trinajstić information content (AvgIpc) is 2.91. The van der Waals surface area contributed by atoms with Crippen LogP contribution >= 0.6 is 0 Å². The van der Waals surface area contributed by atoms with Gasteiger partial charge in [-0.25, -0.2) is 8.78 Å². The van der Waals surface area contributed by atoms with Gasteiger partial charge in [-0.15, -0.1) is 10.2 Å². The van der Waals surface area contributed by atoms with Gasteiger partial charge in [0.2, 0.25) is 12.3 Å². The summed E-state index contributed by atoms with van der Waals surface area (Å²) < 4.78 is 27.4. The van der Waals surface area contributed by atoms with Crippen LogP contribution in [0.25, 0.3) is 0 Å². The van der Waals surface area contributed by atoms with Crippen LogP contribution in [0.2, 0.25) is 0 Å². The number of rotatable bonds is 4. The van der Waals surface area contributed by atoms with Crippen molar-refractivity contribution in [2.75, 3.05) is 7.05 Å². The van der Waals surface area contributed by atoms with E-state index in [4.69, 9.17) is 0 Å². The van der Waals surface area contributed by atoms with Gasteiger partial charge in [0.25, 0.3) is 0 Å². The van der Waals surface area contributed by atoms with E-state index in [-0.39, 0.29) is 23.8 Å². The molecule has 2 aliphatic carbocycles. The number of carbonyl (C=O) groups excluding carboxylic acids is 1. The predicted octanol–water partition coefficient (Wildman–Crippen LogP) is 2.59. The summed E-state index contributed by atoms with van der Waals surface area (Å²) in [5.41, 5.74) is 0. The number of alkyl halides is 2. The van der Waals surface area contributed by atoms with Gasteiger partial charge in [-0.2, -0.15) is 0 Å². The molecule has 0 radical (unpaired) electrons. The van der Waals surface area contributed by atoms with Crippen LogP contribution in [0.3, 0.4) is 0 Å². The number of aromatic nitrogens is 3. The molecule has 0 aliphatic heterocycles. The Hall–Kier alpha value is -1.53. The first kappa shape index (κ1) is 16.3. The summed E-state index contributed by atoms with van der Waals surface area (Å²) >= 11 is 0. The molecule has 1 heterocycles. The molecule has 2 aliphatic rings. The molecule has 0 bridgehead atoms. The molecule has 0 saturated heterocycles. The molecule has 0 N–H and O–H groups in total. The molecule has 3 rings (SSSR count). The number of amides is 1. The highest BCUT2D eigenvalue weighted by atomic mass is 19.3. The van der Waals surface area contributed by atoms with Crippen molar-refractivity contribution in [1.82, 2.24) is 19.7 Å². The van der Waals surface area contributed by atoms with Crippen molar-refractivity contribution in [2.45, 2.75) is 56.9 Å². The summed E-state index contributed by atoms with van der Waals surface area (Å²) in [6, 6.07) is 0.0956. The van der Waals surface area contributed by atoms with Crippen LogP contribution in [-0.2, 0) is 11.8 Å². The number of hydrogen-bond donors (Lipinski definition) is 0. The van der Waals surface area contributed by atoms with Crippen molar-refractivity contribution in [3.8, 4) is 0 Å². The number of aryl methyl sites for hydroxylation is 1. The van der Waals surface area contributed by atoms with Gasteiger partial charge in [-0.1, -0.05) is 0 Å². The summed E-state index contributed by atoms with van der Waals surface area (Å²) in [7, 11) is 3.71. The third kappa shape index (κ3) is 3.10. The van der Waals surface area contributed by atoms with Crippen LogP contribution < -0.4 is 0 Å². The lowest BCUT2D eigenvalue weighted by atomic mass is 9.72. The maximum absolute atomic E-state index is 12.8. The zero-order valence-electron chi connectivity index (χ0n) is 13.7. The van der Waals surface area contributed by atoms with Gasteiger partial charge in [0, 0.05) is 37.9 Å². The first-order chi connectivity index (χ1) is 11.0. The van der Waals surface area contributed by atoms with Crippen molar-refractivity contribution < 1.29 is 13.6 Å². The Morgan fingerprint density at radius 2 is 1.96 bits per heavy atom. The molecular formula is C16H24F2N4O. The Morgan fingerprint density at radius 3 is 2.43 bits per heavy atom. The molecule has 0 spiro atoms. The van der Waals surface area contributed by atoms with Crippen LogP contribution in [-0.4, -0.2) is 45.1 Å². The van der Waals surface area contributed by atoms with E-state index in [1.807, 2.05) is 18.7 Å². The monoisotopic (exact) mass is 326 g/mol. The highest BCUT2D eigenvalue weighted by molar-refractivity contribution is 5.80. The molecule has 7 heteroatoms. The molecule has 128 valence electrons. The molecule has 1 aromatic heterocycles. The SMILES string of the molecule is CN(C(=O)[C@@H]1CC[C@@H]1c1nncn1C)C1CCC(C(F)F)CC1. The summed E-state index contributed by atoms with van der Waals surface area (Å²) in [6.07, 6.45) is 3.63. The molecule has 2 atom stereocenters. The summed E-state index contributed by atoms with van der Waals surface area (Å²) in [4.78, 5) is 14.6. The van der Waals surface area contributed by atoms with Crippen molar-refractivity contribution in [3.05, 3.63) is 12.2 Å². The van der Waals surface area contributed by atoms with Crippen LogP contribution in [0.5, 0.6) is 0 Å². The third-order valence-corrected chi connectivity index (χ3v) is 5.66. The molecular weight excluding hydrogens is 302 g/mol. The van der Waals surface area contributed by atoms with Crippen LogP contribution in [0.15, 0.2) is 6.33 Å². The minimum absolute atomic E-state index is 0.0456. The van der Waals surface area contributed by atoms with Crippen LogP contribution in [0, 0.1) is 11.8 Å². The lowest BCUT2D eigenvalue weighted by molar-refractivity contribution is -0.141. The van der Waals surface area contributed by atoms with Gasteiger partial charge >= 0.3 is 0 Å². The number of nitrogens with zero attached hydrogens (tertiary/aromatic N) is 4. The fraction of sp³-hybridized carbons (Fsp3) is 0.812. The van der Waals surface area contributed by atoms with E-state index in [2.05, 4.69) is 10.2 Å². The van der Waals surface area contributed by atoms with Crippen LogP contribution in [0.1, 0.15) is 50.3 Å². The van der Waals surface area contributed by atoms with E-state index in [1.165, 1.54) is 0 Å². The Morgan fingerprint density at radius 1 is 1.26 bits per heavy atom. The van der Waals surface area contributed by atoms with Gasteiger partial charge in [0.1, 0.15) is 12.2 Å². The fourth-order valence-corrected chi connectivity index (χ4v) is 3.91. The smallest absolute Gasteiger partial charge is 0.241 e. The quantitative estimate of drug-likeness (QED) is 0.854. The minimum Gasteiger partial charge on any atom is -0.343 e. The molecule has 0 unspecified atom stereocenters. The lowest BCUT2D eigenvalue weighted by Crippen LogP contribution is -2.47. The van der Waals surface area contributed by atoms with Gasteiger partial charge < -0.3 is 9.47 Å². The number of carbonyl (C=O) groups is 1. The Balaban J connectivity index is 1.59. The third-order valence-electron chi connectivity index (χ3n) is 5.66. The summed E-state index contributed by atoms with van der Waals surface area (Å²) in [5, 5.41) is 8.03. The zero-order valence-corrected chi connectivity index (χ0v) is 13.7. The van der Waals surface area contributed by atoms with E-state index >= 15 is 0 Å². The summed E-state index contributed by atoms with van der Waals surface area (Å²) in [6.45, 7) is 0. The second kappa shape index (κ2) is 6.53. The predicted molar refractivity (Wildman–Crippen MR) is 81.0 cm³/mol. The van der Waals surface area contributed by atoms with Crippen molar-refractivity contribution in [3.63, 3.8) is 0 Å². The zero-order chi connectivity index (χ0) is 16.6. The van der Waals surface area contributed by atoms with Gasteiger partial charge in [0.15, 0.2) is 0 Å². The highest BCUT2D eigenvalue weighted by Crippen LogP contribution is 2.43. The van der Waals surface area contributed by atoms with E-state index in [9.17, 15) is 13.6 Å². The van der Waals surface area contributed by atoms with Crippen molar-refractivity contribution in [2.24, 2.45) is 18.9 Å². The minimum atomic E-state index is -2.23. The van der Waals surface area contributed by atoms with Crippen molar-refractivity contribution >= 4 is 5.91 Å². The number of hydrogen-bond acceptors (Lipinski definition) is 3. The summed E-state index contributed by atoms with van der Waals surface area (Å²) in [5.74, 6) is 0.588. The number of halogens is 2. The second-order valence-corrected chi connectivity index (χ2v) is 6.94. The van der Waals surface area contributed by atoms with E-state index in [1.54, 1.807) is 11.2 Å². The van der Waals surface area contributed by atoms with Gasteiger partial charge in [0.05, 0.1) is 0 Å². The Bertz CT molecular complexity index is 554. The standard InChI is InChI=1S/C16H24F2N4O/c1-21-9-19-20-15(21)12-7-8-13(12)16(23)22(2)11-5-3-10(4-6-11)14(17)18/h9-14H,3-8H2,1-2H3/t10?,11?,12-,13+/m0/s1. The first-order valence-electron chi connectivity index (χ1n) is 8.37. The molecule has 0 aromatic carbocycles. The molecule has 2 fully saturated rings. The molecule has 2 saturated carbocycles. The van der Waals surface area contributed by atoms with Gasteiger partial charge in [-0.3, -0.25) is 4.79 Å².